The van der Waals surface area contributed by atoms with E-state index in [1.165, 1.54) is 36.6 Å². The lowest BCUT2D eigenvalue weighted by molar-refractivity contribution is -0.205. The van der Waals surface area contributed by atoms with Gasteiger partial charge in [-0.25, -0.2) is 0 Å². The number of hydrogen-bond acceptors (Lipinski definition) is 10. The van der Waals surface area contributed by atoms with Gasteiger partial charge in [-0.1, -0.05) is 31.9 Å². The number of nitrogens with zero attached hydrogens (tertiary/aromatic N) is 2. The molecule has 1 unspecified atom stereocenters. The summed E-state index contributed by atoms with van der Waals surface area (Å²) < 4.78 is 6.19. The lowest BCUT2D eigenvalue weighted by Crippen LogP contribution is -2.65. The minimum absolute atomic E-state index is 0.0966. The van der Waals surface area contributed by atoms with Crippen LogP contribution in [0, 0.1) is 11.8 Å². The summed E-state index contributed by atoms with van der Waals surface area (Å²) in [5, 5.41) is 38.7. The molecule has 0 aromatic heterocycles. The van der Waals surface area contributed by atoms with Crippen molar-refractivity contribution in [3.63, 3.8) is 0 Å². The topological polar surface area (TPSA) is 118 Å². The van der Waals surface area contributed by atoms with E-state index < -0.39 is 35.9 Å². The summed E-state index contributed by atoms with van der Waals surface area (Å²) in [6, 6.07) is 7.73. The Balaban J connectivity index is 1.50. The van der Waals surface area contributed by atoms with Crippen molar-refractivity contribution in [2.45, 2.75) is 97.0 Å². The third kappa shape index (κ3) is 9.80. The van der Waals surface area contributed by atoms with Crippen LogP contribution in [-0.4, -0.2) is 132 Å². The molecule has 3 aliphatic rings. The van der Waals surface area contributed by atoms with Gasteiger partial charge in [-0.15, -0.1) is 23.5 Å². The largest absolute Gasteiger partial charge is 0.388 e. The number of likely N-dealkylation sites (N-methyl/N-ethyl adjacent to an activating group) is 2. The number of aliphatic hydroxyl groups excluding tert-OH is 3. The second kappa shape index (κ2) is 16.1. The summed E-state index contributed by atoms with van der Waals surface area (Å²) in [5.41, 5.74) is 0.569. The van der Waals surface area contributed by atoms with Crippen LogP contribution in [0.15, 0.2) is 29.2 Å². The number of carbonyl (C=O) groups is 1. The van der Waals surface area contributed by atoms with Crippen LogP contribution in [-0.2, 0) is 9.53 Å². The molecular formula is C32H54N4O5S2. The molecule has 244 valence electrons. The van der Waals surface area contributed by atoms with Gasteiger partial charge < -0.3 is 40.5 Å². The number of thioether (sulfide) groups is 2. The van der Waals surface area contributed by atoms with Crippen molar-refractivity contribution in [2.24, 2.45) is 11.8 Å². The van der Waals surface area contributed by atoms with Crippen molar-refractivity contribution in [3.05, 3.63) is 29.8 Å². The van der Waals surface area contributed by atoms with Crippen LogP contribution < -0.4 is 10.6 Å². The fourth-order valence-corrected chi connectivity index (χ4v) is 8.36. The first-order valence-electron chi connectivity index (χ1n) is 15.8. The van der Waals surface area contributed by atoms with Crippen molar-refractivity contribution in [1.82, 2.24) is 20.4 Å². The molecule has 43 heavy (non-hydrogen) atoms. The minimum atomic E-state index is -1.37. The van der Waals surface area contributed by atoms with E-state index in [9.17, 15) is 20.1 Å². The molecule has 4 rings (SSSR count). The lowest BCUT2D eigenvalue weighted by Gasteiger charge is -2.45. The van der Waals surface area contributed by atoms with E-state index in [0.717, 1.165) is 43.3 Å². The summed E-state index contributed by atoms with van der Waals surface area (Å²) in [7, 11) is 8.38. The van der Waals surface area contributed by atoms with E-state index >= 15 is 0 Å². The first-order chi connectivity index (χ1) is 20.5. The van der Waals surface area contributed by atoms with Crippen molar-refractivity contribution in [1.29, 1.82) is 0 Å². The Morgan fingerprint density at radius 2 is 1.65 bits per heavy atom. The third-order valence-corrected chi connectivity index (χ3v) is 11.1. The zero-order chi connectivity index (χ0) is 31.3. The van der Waals surface area contributed by atoms with Gasteiger partial charge in [0.05, 0.1) is 12.1 Å². The summed E-state index contributed by atoms with van der Waals surface area (Å²) in [5.74, 6) is 1.65. The van der Waals surface area contributed by atoms with Gasteiger partial charge in [-0.2, -0.15) is 0 Å². The summed E-state index contributed by atoms with van der Waals surface area (Å²) in [6.45, 7) is 4.75. The highest BCUT2D eigenvalue weighted by Crippen LogP contribution is 2.39. The Labute approximate surface area is 266 Å². The van der Waals surface area contributed by atoms with Crippen molar-refractivity contribution < 1.29 is 24.9 Å². The molecule has 2 saturated heterocycles. The summed E-state index contributed by atoms with van der Waals surface area (Å²) in [4.78, 5) is 19.2. The molecule has 1 aliphatic carbocycles. The Kier molecular flexibility index (Phi) is 13.1. The van der Waals surface area contributed by atoms with Crippen LogP contribution in [0.4, 0.5) is 0 Å². The molecule has 3 fully saturated rings. The van der Waals surface area contributed by atoms with Gasteiger partial charge in [-0.05, 0) is 89.8 Å². The third-order valence-electron chi connectivity index (χ3n) is 9.04. The predicted octanol–water partition coefficient (Wildman–Crippen LogP) is 2.20. The van der Waals surface area contributed by atoms with Crippen LogP contribution in [0.3, 0.4) is 0 Å². The fraction of sp³-hybridized carbons (Fsp3) is 0.781. The number of hydrogen-bond donors (Lipinski definition) is 5. The van der Waals surface area contributed by atoms with Crippen LogP contribution >= 0.6 is 23.5 Å². The lowest BCUT2D eigenvalue weighted by atomic mass is 9.87. The Morgan fingerprint density at radius 1 is 1.00 bits per heavy atom. The predicted molar refractivity (Wildman–Crippen MR) is 176 cm³/mol. The van der Waals surface area contributed by atoms with Crippen molar-refractivity contribution in [2.75, 3.05) is 54.1 Å². The van der Waals surface area contributed by atoms with Crippen LogP contribution in [0.5, 0.6) is 0 Å². The zero-order valence-electron chi connectivity index (χ0n) is 26.7. The molecule has 9 atom stereocenters. The van der Waals surface area contributed by atoms with E-state index in [4.69, 9.17) is 4.74 Å². The molecule has 0 radical (unpaired) electrons. The number of rotatable bonds is 14. The van der Waals surface area contributed by atoms with E-state index in [0.29, 0.717) is 11.8 Å². The maximum atomic E-state index is 13.7. The Hall–Kier alpha value is -0.890. The quantitative estimate of drug-likeness (QED) is 0.194. The molecule has 1 saturated carbocycles. The molecule has 1 amide bonds. The number of nitrogens with one attached hydrogen (secondary N) is 2. The zero-order valence-corrected chi connectivity index (χ0v) is 28.3. The van der Waals surface area contributed by atoms with Gasteiger partial charge >= 0.3 is 0 Å². The van der Waals surface area contributed by atoms with Crippen LogP contribution in [0.1, 0.15) is 50.5 Å². The number of aliphatic hydroxyl groups is 3. The van der Waals surface area contributed by atoms with Gasteiger partial charge in [0.1, 0.15) is 29.9 Å². The molecule has 2 heterocycles. The Bertz CT molecular complexity index is 1000. The number of carbonyl (C=O) groups excluding carboxylic acids is 1. The minimum Gasteiger partial charge on any atom is -0.388 e. The van der Waals surface area contributed by atoms with Crippen LogP contribution in [0.2, 0.25) is 0 Å². The molecule has 1 aromatic rings. The highest BCUT2D eigenvalue weighted by Gasteiger charge is 2.48. The fourth-order valence-electron chi connectivity index (χ4n) is 6.59. The van der Waals surface area contributed by atoms with E-state index in [1.807, 2.05) is 6.92 Å². The molecule has 0 bridgehead atoms. The van der Waals surface area contributed by atoms with Gasteiger partial charge in [0.15, 0.2) is 0 Å². The first-order valence-corrected chi connectivity index (χ1v) is 18.0. The normalized spacial score (nSPS) is 31.4. The second-order valence-electron chi connectivity index (χ2n) is 13.4. The smallest absolute Gasteiger partial charge is 0.237 e. The standard InChI is InChI=1S/C32H54N4O5S2/c1-19(43-24-11-9-22(10-12-24)23(17-35(2)3)18-36(4)5)26(30-28(38)27(37)29(39)32(41-30)42-6)34-31(40)25-16-21(13-14-33-25)15-20-7-8-20/h9-12,19-21,23,25-30,32-33,37-39H,7-8,13-18H2,1-6H3,(H,34,40)/t19-,21-,25-,26-,27-,28+,29+,30?,32+/m0/s1. The van der Waals surface area contributed by atoms with E-state index in [-0.39, 0.29) is 17.2 Å². The number of piperidine rings is 1. The SMILES string of the molecule is CS[C@H]1OC([C@@H](NC(=O)[C@@H]2C[C@H](CC3CC3)CCN2)[C@H](C)Sc2ccc(C(CN(C)C)CN(C)C)cc2)[C@H](O)[C@H](O)[C@H]1O. The van der Waals surface area contributed by atoms with E-state index in [2.05, 4.69) is 72.9 Å². The molecular weight excluding hydrogens is 585 g/mol. The first kappa shape index (κ1) is 35.0. The molecule has 1 aromatic carbocycles. The summed E-state index contributed by atoms with van der Waals surface area (Å²) in [6.07, 6.45) is 2.73. The summed E-state index contributed by atoms with van der Waals surface area (Å²) >= 11 is 2.90. The number of amides is 1. The Morgan fingerprint density at radius 3 is 2.23 bits per heavy atom. The molecule has 11 heteroatoms. The molecule has 0 spiro atoms. The second-order valence-corrected chi connectivity index (χ2v) is 15.8. The average molecular weight is 639 g/mol. The van der Waals surface area contributed by atoms with Gasteiger partial charge in [0, 0.05) is 29.2 Å². The van der Waals surface area contributed by atoms with Gasteiger partial charge in [0.25, 0.3) is 0 Å². The molecule has 2 aliphatic heterocycles. The van der Waals surface area contributed by atoms with Crippen molar-refractivity contribution >= 4 is 29.4 Å². The highest BCUT2D eigenvalue weighted by atomic mass is 32.2. The van der Waals surface area contributed by atoms with E-state index in [1.54, 1.807) is 18.0 Å². The van der Waals surface area contributed by atoms with Gasteiger partial charge in [-0.3, -0.25) is 4.79 Å². The molecule has 9 nitrogen and oxygen atoms in total. The number of benzene rings is 1. The maximum Gasteiger partial charge on any atom is 0.237 e. The van der Waals surface area contributed by atoms with Crippen LogP contribution in [0.25, 0.3) is 0 Å². The van der Waals surface area contributed by atoms with Gasteiger partial charge in [0.2, 0.25) is 5.91 Å². The highest BCUT2D eigenvalue weighted by molar-refractivity contribution is 8.00. The average Bonchev–Trinajstić information content (AvgIpc) is 3.78. The monoisotopic (exact) mass is 638 g/mol. The number of ether oxygens (including phenoxy) is 1. The van der Waals surface area contributed by atoms with Crippen molar-refractivity contribution in [3.8, 4) is 0 Å². The maximum absolute atomic E-state index is 13.7. The molecule has 5 N–H and O–H groups in total.